The Morgan fingerprint density at radius 3 is 1.28 bits per heavy atom. The Bertz CT molecular complexity index is 2290. The highest BCUT2D eigenvalue weighted by atomic mass is 79.9. The number of nitrogens with zero attached hydrogens (tertiary/aromatic N) is 2. The molecule has 0 fully saturated rings. The Morgan fingerprint density at radius 1 is 0.609 bits per heavy atom. The molecule has 2 heterocycles. The van der Waals surface area contributed by atoms with Crippen molar-refractivity contribution < 1.29 is 46.1 Å². The van der Waals surface area contributed by atoms with Gasteiger partial charge in [0.05, 0.1) is 67.7 Å². The van der Waals surface area contributed by atoms with Gasteiger partial charge in [-0.1, -0.05) is 89.8 Å². The molecule has 0 saturated heterocycles. The summed E-state index contributed by atoms with van der Waals surface area (Å²) in [5, 5.41) is 17.8. The fourth-order valence-corrected chi connectivity index (χ4v) is 13.7. The fraction of sp³-hybridized carbons (Fsp3) is 0.458. The SMILES string of the molecule is CCCC[C@@]1(CC)CN(c2ccccc2)c2cc(Br)c(OCCC(=O)O)cc2S(=O)(=O)C1.CCCC[C@]1(CC)CN(c2ccccc2)c2cc(Br)c(OCCC(=O)O)cc2S(=O)(=O)C1. The second-order valence-electron chi connectivity index (χ2n) is 16.8. The van der Waals surface area contributed by atoms with Crippen molar-refractivity contribution in [3.05, 3.63) is 93.9 Å². The molecule has 0 aliphatic carbocycles. The van der Waals surface area contributed by atoms with Crippen molar-refractivity contribution >= 4 is 86.2 Å². The van der Waals surface area contributed by atoms with Crippen molar-refractivity contribution in [1.29, 1.82) is 0 Å². The van der Waals surface area contributed by atoms with Gasteiger partial charge in [0.1, 0.15) is 11.5 Å². The molecule has 64 heavy (non-hydrogen) atoms. The van der Waals surface area contributed by atoms with E-state index >= 15 is 0 Å². The van der Waals surface area contributed by atoms with E-state index in [0.717, 1.165) is 62.7 Å². The van der Waals surface area contributed by atoms with Crippen LogP contribution in [-0.4, -0.2) is 76.8 Å². The van der Waals surface area contributed by atoms with Gasteiger partial charge in [0.25, 0.3) is 0 Å². The molecule has 348 valence electrons. The molecule has 0 aromatic heterocycles. The number of hydrogen-bond acceptors (Lipinski definition) is 10. The lowest BCUT2D eigenvalue weighted by molar-refractivity contribution is -0.138. The number of ether oxygens (including phenoxy) is 2. The highest BCUT2D eigenvalue weighted by Gasteiger charge is 2.43. The summed E-state index contributed by atoms with van der Waals surface area (Å²) in [6.45, 7) is 9.51. The largest absolute Gasteiger partial charge is 0.492 e. The van der Waals surface area contributed by atoms with Gasteiger partial charge in [0, 0.05) is 47.4 Å². The normalized spacial score (nSPS) is 19.8. The molecule has 2 aliphatic rings. The molecule has 0 saturated carbocycles. The number of unbranched alkanes of at least 4 members (excludes halogenated alkanes) is 2. The number of hydrogen-bond donors (Lipinski definition) is 2. The lowest BCUT2D eigenvalue weighted by Crippen LogP contribution is -2.37. The number of para-hydroxylation sites is 2. The lowest BCUT2D eigenvalue weighted by Gasteiger charge is -2.36. The predicted octanol–water partition coefficient (Wildman–Crippen LogP) is 11.6. The quantitative estimate of drug-likeness (QED) is 0.0969. The molecule has 0 amide bonds. The van der Waals surface area contributed by atoms with E-state index in [0.29, 0.717) is 44.9 Å². The average Bonchev–Trinajstić information content (AvgIpc) is 3.42. The number of carboxylic acids is 2. The topological polar surface area (TPSA) is 168 Å². The minimum atomic E-state index is -3.61. The van der Waals surface area contributed by atoms with E-state index < -0.39 is 31.6 Å². The Morgan fingerprint density at radius 2 is 0.969 bits per heavy atom. The van der Waals surface area contributed by atoms with Crippen molar-refractivity contribution in [2.75, 3.05) is 47.6 Å². The third-order valence-corrected chi connectivity index (χ3v) is 17.4. The van der Waals surface area contributed by atoms with Crippen LogP contribution < -0.4 is 19.3 Å². The highest BCUT2D eigenvalue weighted by molar-refractivity contribution is 9.11. The van der Waals surface area contributed by atoms with Gasteiger partial charge in [0.2, 0.25) is 0 Å². The first-order valence-corrected chi connectivity index (χ1v) is 26.8. The monoisotopic (exact) mass is 1050 g/mol. The van der Waals surface area contributed by atoms with Crippen LogP contribution in [0.5, 0.6) is 11.5 Å². The van der Waals surface area contributed by atoms with Gasteiger partial charge in [0.15, 0.2) is 19.7 Å². The molecule has 0 unspecified atom stereocenters. The summed E-state index contributed by atoms with van der Waals surface area (Å²) in [5.41, 5.74) is 2.35. The molecular weight excluding hydrogens is 988 g/mol. The second kappa shape index (κ2) is 22.4. The number of carbonyl (C=O) groups is 2. The Balaban J connectivity index is 0.000000241. The maximum atomic E-state index is 13.7. The van der Waals surface area contributed by atoms with E-state index in [1.54, 1.807) is 12.1 Å². The third kappa shape index (κ3) is 12.6. The van der Waals surface area contributed by atoms with Gasteiger partial charge in [-0.2, -0.15) is 0 Å². The summed E-state index contributed by atoms with van der Waals surface area (Å²) in [5.74, 6) is -1.13. The van der Waals surface area contributed by atoms with Crippen LogP contribution in [0.15, 0.2) is 104 Å². The molecule has 2 aliphatic heterocycles. The van der Waals surface area contributed by atoms with Gasteiger partial charge in [-0.3, -0.25) is 9.59 Å². The summed E-state index contributed by atoms with van der Waals surface area (Å²) in [6.07, 6.45) is 6.80. The van der Waals surface area contributed by atoms with Crippen LogP contribution in [0.2, 0.25) is 0 Å². The molecule has 0 bridgehead atoms. The van der Waals surface area contributed by atoms with E-state index in [1.165, 1.54) is 12.1 Å². The van der Waals surface area contributed by atoms with E-state index in [1.807, 2.05) is 60.7 Å². The van der Waals surface area contributed by atoms with Crippen LogP contribution in [0, 0.1) is 10.8 Å². The first-order chi connectivity index (χ1) is 30.4. The van der Waals surface area contributed by atoms with Crippen molar-refractivity contribution in [2.45, 2.75) is 102 Å². The molecular formula is C48H60Br2N2O10S2. The van der Waals surface area contributed by atoms with Crippen molar-refractivity contribution in [2.24, 2.45) is 10.8 Å². The predicted molar refractivity (Wildman–Crippen MR) is 259 cm³/mol. The van der Waals surface area contributed by atoms with Crippen molar-refractivity contribution in [3.8, 4) is 11.5 Å². The summed E-state index contributed by atoms with van der Waals surface area (Å²) < 4.78 is 67.1. The Labute approximate surface area is 395 Å². The molecule has 0 radical (unpaired) electrons. The van der Waals surface area contributed by atoms with Crippen LogP contribution in [0.25, 0.3) is 0 Å². The zero-order valence-corrected chi connectivity index (χ0v) is 41.8. The van der Waals surface area contributed by atoms with Gasteiger partial charge in [-0.25, -0.2) is 16.8 Å². The van der Waals surface area contributed by atoms with E-state index in [2.05, 4.69) is 69.4 Å². The van der Waals surface area contributed by atoms with Crippen molar-refractivity contribution in [1.82, 2.24) is 0 Å². The molecule has 16 heteroatoms. The number of sulfone groups is 2. The maximum Gasteiger partial charge on any atom is 0.306 e. The minimum Gasteiger partial charge on any atom is -0.492 e. The van der Waals surface area contributed by atoms with Gasteiger partial charge in [-0.05, 0) is 93.9 Å². The second-order valence-corrected chi connectivity index (χ2v) is 22.4. The van der Waals surface area contributed by atoms with Gasteiger partial charge >= 0.3 is 11.9 Å². The number of fused-ring (bicyclic) bond motifs is 2. The summed E-state index contributed by atoms with van der Waals surface area (Å²) >= 11 is 7.00. The summed E-state index contributed by atoms with van der Waals surface area (Å²) in [6, 6.07) is 26.3. The van der Waals surface area contributed by atoms with E-state index in [9.17, 15) is 26.4 Å². The minimum absolute atomic E-state index is 0.0371. The molecule has 2 atom stereocenters. The fourth-order valence-electron chi connectivity index (χ4n) is 8.44. The number of benzene rings is 4. The highest BCUT2D eigenvalue weighted by Crippen LogP contribution is 2.48. The zero-order valence-electron chi connectivity index (χ0n) is 37.0. The molecule has 0 spiro atoms. The first-order valence-electron chi connectivity index (χ1n) is 21.9. The summed E-state index contributed by atoms with van der Waals surface area (Å²) in [7, 11) is -7.22. The van der Waals surface area contributed by atoms with Crippen LogP contribution in [0.3, 0.4) is 0 Å². The Kier molecular flexibility index (Phi) is 17.8. The maximum absolute atomic E-state index is 13.7. The standard InChI is InChI=1S/2C24H30BrNO5S/c2*1-3-5-12-24(4-2)16-26(18-9-7-6-8-10-18)20-14-19(25)21(31-13-11-23(27)28)15-22(20)32(29,30)17-24/h2*6-10,14-15H,3-5,11-13,16-17H2,1-2H3,(H,27,28)/t2*24-/m10/s1. The number of rotatable bonds is 18. The number of halogens is 2. The van der Waals surface area contributed by atoms with Crippen LogP contribution in [0.4, 0.5) is 22.7 Å². The molecule has 6 rings (SSSR count). The summed E-state index contributed by atoms with van der Waals surface area (Å²) in [4.78, 5) is 26.4. The number of anilines is 4. The molecule has 12 nitrogen and oxygen atoms in total. The van der Waals surface area contributed by atoms with Gasteiger partial charge in [-0.15, -0.1) is 0 Å². The average molecular weight is 1050 g/mol. The smallest absolute Gasteiger partial charge is 0.306 e. The molecule has 4 aromatic rings. The first kappa shape index (κ1) is 50.9. The van der Waals surface area contributed by atoms with E-state index in [4.69, 9.17) is 19.7 Å². The lowest BCUT2D eigenvalue weighted by atomic mass is 9.81. The molecule has 2 N–H and O–H groups in total. The molecule has 4 aromatic carbocycles. The van der Waals surface area contributed by atoms with Crippen molar-refractivity contribution in [3.63, 3.8) is 0 Å². The van der Waals surface area contributed by atoms with Gasteiger partial charge < -0.3 is 29.5 Å². The Hall–Kier alpha value is -4.12. The van der Waals surface area contributed by atoms with Crippen LogP contribution in [0.1, 0.15) is 91.9 Å². The zero-order chi connectivity index (χ0) is 46.7. The van der Waals surface area contributed by atoms with Crippen LogP contribution in [-0.2, 0) is 29.3 Å². The third-order valence-electron chi connectivity index (χ3n) is 12.2. The number of carboxylic acid groups (broad SMARTS) is 2. The van der Waals surface area contributed by atoms with E-state index in [-0.39, 0.29) is 58.2 Å². The number of aliphatic carboxylic acids is 2. The van der Waals surface area contributed by atoms with Crippen LogP contribution >= 0.6 is 31.9 Å².